The molecule has 1 amide bonds. The zero-order valence-corrected chi connectivity index (χ0v) is 17.3. The van der Waals surface area contributed by atoms with Crippen LogP contribution in [0.3, 0.4) is 0 Å². The molecule has 2 aliphatic rings. The molecule has 2 aromatic carbocycles. The first-order valence-electron chi connectivity index (χ1n) is 10.1. The fourth-order valence-corrected chi connectivity index (χ4v) is 5.90. The molecule has 7 nitrogen and oxygen atoms in total. The van der Waals surface area contributed by atoms with Crippen molar-refractivity contribution in [2.75, 3.05) is 32.8 Å². The Balaban J connectivity index is 1.48. The van der Waals surface area contributed by atoms with Crippen molar-refractivity contribution in [3.05, 3.63) is 65.4 Å². The summed E-state index contributed by atoms with van der Waals surface area (Å²) in [6, 6.07) is 14.6. The summed E-state index contributed by atoms with van der Waals surface area (Å²) in [6.45, 7) is 2.34. The molecule has 3 aromatic rings. The van der Waals surface area contributed by atoms with Crippen molar-refractivity contribution < 1.29 is 17.9 Å². The number of nitrogens with one attached hydrogen (secondary N) is 1. The Morgan fingerprint density at radius 1 is 0.967 bits per heavy atom. The Kier molecular flexibility index (Phi) is 4.85. The van der Waals surface area contributed by atoms with E-state index in [1.54, 1.807) is 23.1 Å². The molecule has 1 fully saturated rings. The van der Waals surface area contributed by atoms with Gasteiger partial charge in [0.2, 0.25) is 10.0 Å². The number of benzene rings is 2. The summed E-state index contributed by atoms with van der Waals surface area (Å²) in [4.78, 5) is 18.7. The number of hydrogen-bond donors (Lipinski definition) is 1. The summed E-state index contributed by atoms with van der Waals surface area (Å²) in [5, 5.41) is 1.11. The van der Waals surface area contributed by atoms with Crippen LogP contribution >= 0.6 is 0 Å². The Morgan fingerprint density at radius 3 is 2.53 bits per heavy atom. The molecule has 0 unspecified atom stereocenters. The number of aromatic amines is 1. The first kappa shape index (κ1) is 19.3. The highest BCUT2D eigenvalue weighted by Gasteiger charge is 2.32. The van der Waals surface area contributed by atoms with Gasteiger partial charge in [-0.2, -0.15) is 4.31 Å². The second-order valence-corrected chi connectivity index (χ2v) is 9.52. The lowest BCUT2D eigenvalue weighted by Crippen LogP contribution is -2.42. The average Bonchev–Trinajstić information content (AvgIpc) is 3.17. The first-order valence-corrected chi connectivity index (χ1v) is 11.5. The molecule has 156 valence electrons. The molecule has 8 heteroatoms. The van der Waals surface area contributed by atoms with Crippen molar-refractivity contribution in [2.24, 2.45) is 0 Å². The van der Waals surface area contributed by atoms with Gasteiger partial charge in [-0.05, 0) is 18.2 Å². The Bertz CT molecular complexity index is 1210. The summed E-state index contributed by atoms with van der Waals surface area (Å²) in [5.41, 5.74) is 3.55. The van der Waals surface area contributed by atoms with Crippen molar-refractivity contribution in [2.45, 2.75) is 17.9 Å². The number of nitrogens with zero attached hydrogens (tertiary/aromatic N) is 2. The number of ether oxygens (including phenoxy) is 1. The van der Waals surface area contributed by atoms with Gasteiger partial charge in [-0.25, -0.2) is 8.42 Å². The van der Waals surface area contributed by atoms with Crippen molar-refractivity contribution in [1.82, 2.24) is 14.2 Å². The molecule has 1 saturated heterocycles. The van der Waals surface area contributed by atoms with E-state index in [1.807, 2.05) is 18.2 Å². The number of morpholine rings is 1. The maximum Gasteiger partial charge on any atom is 0.255 e. The van der Waals surface area contributed by atoms with Gasteiger partial charge in [0.05, 0.1) is 23.7 Å². The zero-order valence-electron chi connectivity index (χ0n) is 16.5. The maximum atomic E-state index is 13.4. The fraction of sp³-hybridized carbons (Fsp3) is 0.318. The highest BCUT2D eigenvalue weighted by Crippen LogP contribution is 2.29. The smallest absolute Gasteiger partial charge is 0.255 e. The first-order chi connectivity index (χ1) is 14.6. The van der Waals surface area contributed by atoms with Gasteiger partial charge in [-0.1, -0.05) is 30.3 Å². The molecule has 2 aliphatic heterocycles. The van der Waals surface area contributed by atoms with Gasteiger partial charge in [-0.15, -0.1) is 0 Å². The predicted octanol–water partition coefficient (Wildman–Crippen LogP) is 2.39. The van der Waals surface area contributed by atoms with Crippen molar-refractivity contribution >= 4 is 26.8 Å². The summed E-state index contributed by atoms with van der Waals surface area (Å²) in [5.74, 6) is -0.252. The van der Waals surface area contributed by atoms with E-state index in [9.17, 15) is 13.2 Å². The van der Waals surface area contributed by atoms with Gasteiger partial charge in [-0.3, -0.25) is 4.79 Å². The lowest BCUT2D eigenvalue weighted by Gasteiger charge is -2.30. The molecule has 0 radical (unpaired) electrons. The number of hydrogen-bond acceptors (Lipinski definition) is 4. The monoisotopic (exact) mass is 425 g/mol. The summed E-state index contributed by atoms with van der Waals surface area (Å²) < 4.78 is 33.1. The largest absolute Gasteiger partial charge is 0.379 e. The Labute approximate surface area is 175 Å². The van der Waals surface area contributed by atoms with Crippen LogP contribution in [0.25, 0.3) is 10.9 Å². The van der Waals surface area contributed by atoms with E-state index < -0.39 is 10.0 Å². The van der Waals surface area contributed by atoms with Crippen molar-refractivity contribution in [1.29, 1.82) is 0 Å². The third-order valence-corrected chi connectivity index (χ3v) is 7.83. The molecular formula is C22H23N3O4S. The molecule has 30 heavy (non-hydrogen) atoms. The van der Waals surface area contributed by atoms with E-state index in [0.717, 1.165) is 22.2 Å². The van der Waals surface area contributed by atoms with E-state index in [4.69, 9.17) is 4.74 Å². The second kappa shape index (κ2) is 7.54. The molecule has 3 heterocycles. The second-order valence-electron chi connectivity index (χ2n) is 7.62. The minimum Gasteiger partial charge on any atom is -0.379 e. The van der Waals surface area contributed by atoms with Crippen LogP contribution in [0.1, 0.15) is 21.6 Å². The predicted molar refractivity (Wildman–Crippen MR) is 113 cm³/mol. The van der Waals surface area contributed by atoms with Crippen LogP contribution < -0.4 is 0 Å². The molecule has 1 aromatic heterocycles. The molecule has 0 saturated carbocycles. The molecule has 0 bridgehead atoms. The topological polar surface area (TPSA) is 82.7 Å². The van der Waals surface area contributed by atoms with E-state index in [0.29, 0.717) is 45.8 Å². The van der Waals surface area contributed by atoms with Gasteiger partial charge in [0.1, 0.15) is 0 Å². The number of rotatable bonds is 3. The van der Waals surface area contributed by atoms with Crippen LogP contribution in [0.4, 0.5) is 0 Å². The maximum absolute atomic E-state index is 13.4. The summed E-state index contributed by atoms with van der Waals surface area (Å²) >= 11 is 0. The number of aromatic nitrogens is 1. The number of carbonyl (C=O) groups is 1. The van der Waals surface area contributed by atoms with E-state index in [2.05, 4.69) is 11.1 Å². The quantitative estimate of drug-likeness (QED) is 0.699. The van der Waals surface area contributed by atoms with Crippen molar-refractivity contribution in [3.8, 4) is 0 Å². The normalized spacial score (nSPS) is 17.8. The van der Waals surface area contributed by atoms with Crippen LogP contribution in [-0.4, -0.2) is 61.4 Å². The SMILES string of the molecule is O=C(c1ccccc1S(=O)(=O)N1CCOCC1)N1CCc2[nH]c3ccccc3c2C1. The van der Waals surface area contributed by atoms with Crippen LogP contribution in [0.15, 0.2) is 53.4 Å². The summed E-state index contributed by atoms with van der Waals surface area (Å²) in [6.07, 6.45) is 0.716. The molecule has 0 aliphatic carbocycles. The number of H-pyrrole nitrogens is 1. The minimum atomic E-state index is -3.76. The molecule has 0 atom stereocenters. The van der Waals surface area contributed by atoms with Crippen LogP contribution in [0.5, 0.6) is 0 Å². The third kappa shape index (κ3) is 3.21. The number of carbonyl (C=O) groups excluding carboxylic acids is 1. The zero-order chi connectivity index (χ0) is 20.7. The highest BCUT2D eigenvalue weighted by molar-refractivity contribution is 7.89. The van der Waals surface area contributed by atoms with E-state index in [1.165, 1.54) is 10.4 Å². The lowest BCUT2D eigenvalue weighted by molar-refractivity contribution is 0.0718. The van der Waals surface area contributed by atoms with E-state index in [-0.39, 0.29) is 16.4 Å². The van der Waals surface area contributed by atoms with Crippen LogP contribution in [0.2, 0.25) is 0 Å². The standard InChI is InChI=1S/C22H23N3O4S/c26-22(24-10-9-20-18(15-24)16-5-1-3-7-19(16)23-20)17-6-2-4-8-21(17)30(27,28)25-11-13-29-14-12-25/h1-8,23H,9-15H2. The number of sulfonamides is 1. The highest BCUT2D eigenvalue weighted by atomic mass is 32.2. The number of amides is 1. The van der Waals surface area contributed by atoms with Gasteiger partial charge >= 0.3 is 0 Å². The number of para-hydroxylation sites is 1. The van der Waals surface area contributed by atoms with E-state index >= 15 is 0 Å². The Hall–Kier alpha value is -2.68. The molecule has 0 spiro atoms. The third-order valence-electron chi connectivity index (χ3n) is 5.88. The Morgan fingerprint density at radius 2 is 1.70 bits per heavy atom. The van der Waals surface area contributed by atoms with Gasteiger partial charge in [0.25, 0.3) is 5.91 Å². The lowest BCUT2D eigenvalue weighted by atomic mass is 10.0. The summed E-state index contributed by atoms with van der Waals surface area (Å²) in [7, 11) is -3.76. The van der Waals surface area contributed by atoms with Crippen molar-refractivity contribution in [3.63, 3.8) is 0 Å². The molecule has 1 N–H and O–H groups in total. The average molecular weight is 426 g/mol. The van der Waals surface area contributed by atoms with Gasteiger partial charge in [0.15, 0.2) is 0 Å². The van der Waals surface area contributed by atoms with Gasteiger partial charge < -0.3 is 14.6 Å². The number of fused-ring (bicyclic) bond motifs is 3. The molecule has 5 rings (SSSR count). The molecular weight excluding hydrogens is 402 g/mol. The fourth-order valence-electron chi connectivity index (χ4n) is 4.30. The van der Waals surface area contributed by atoms with Gasteiger partial charge in [0, 0.05) is 54.8 Å². The van der Waals surface area contributed by atoms with Crippen LogP contribution in [0, 0.1) is 0 Å². The van der Waals surface area contributed by atoms with Crippen LogP contribution in [-0.2, 0) is 27.7 Å². The minimum absolute atomic E-state index is 0.0709.